The lowest BCUT2D eigenvalue weighted by molar-refractivity contribution is -0.139. The molecule has 7 heteroatoms. The first-order chi connectivity index (χ1) is 8.90. The van der Waals surface area contributed by atoms with Crippen LogP contribution in [-0.2, 0) is 9.59 Å². The van der Waals surface area contributed by atoms with Gasteiger partial charge in [-0.1, -0.05) is 23.2 Å². The SMILES string of the molecule is CC1=NN(c2ccc(Cl)cc2Cl)C(=O)C1CC(=O)O. The number of benzene rings is 1. The van der Waals surface area contributed by atoms with Gasteiger partial charge in [0.25, 0.3) is 5.91 Å². The maximum Gasteiger partial charge on any atom is 0.304 e. The molecule has 0 saturated heterocycles. The summed E-state index contributed by atoms with van der Waals surface area (Å²) in [5.41, 5.74) is 0.849. The highest BCUT2D eigenvalue weighted by Crippen LogP contribution is 2.33. The van der Waals surface area contributed by atoms with Crippen molar-refractivity contribution in [2.45, 2.75) is 13.3 Å². The number of hydrogen-bond acceptors (Lipinski definition) is 3. The molecule has 1 N–H and O–H groups in total. The summed E-state index contributed by atoms with van der Waals surface area (Å²) < 4.78 is 0. The summed E-state index contributed by atoms with van der Waals surface area (Å²) in [4.78, 5) is 22.9. The fourth-order valence-corrected chi connectivity index (χ4v) is 2.33. The zero-order valence-corrected chi connectivity index (χ0v) is 11.4. The van der Waals surface area contributed by atoms with Crippen LogP contribution in [0.2, 0.25) is 10.0 Å². The summed E-state index contributed by atoms with van der Waals surface area (Å²) in [6.45, 7) is 1.62. The Kier molecular flexibility index (Phi) is 3.78. The molecule has 0 aromatic heterocycles. The van der Waals surface area contributed by atoms with Crippen LogP contribution in [0, 0.1) is 5.92 Å². The Bertz CT molecular complexity index is 586. The lowest BCUT2D eigenvalue weighted by Gasteiger charge is -2.15. The molecule has 1 heterocycles. The Hall–Kier alpha value is -1.59. The largest absolute Gasteiger partial charge is 0.481 e. The van der Waals surface area contributed by atoms with Gasteiger partial charge in [-0.25, -0.2) is 0 Å². The minimum absolute atomic E-state index is 0.282. The number of aliphatic carboxylic acids is 1. The lowest BCUT2D eigenvalue weighted by atomic mass is 10.0. The molecule has 1 unspecified atom stereocenters. The average Bonchev–Trinajstić information content (AvgIpc) is 2.57. The number of carboxylic acid groups (broad SMARTS) is 1. The van der Waals surface area contributed by atoms with Crippen molar-refractivity contribution in [1.29, 1.82) is 0 Å². The molecule has 1 aliphatic rings. The molecule has 0 aliphatic carbocycles. The number of halogens is 2. The highest BCUT2D eigenvalue weighted by atomic mass is 35.5. The molecule has 1 aliphatic heterocycles. The van der Waals surface area contributed by atoms with E-state index in [1.54, 1.807) is 19.1 Å². The maximum absolute atomic E-state index is 12.1. The Balaban J connectivity index is 2.33. The van der Waals surface area contributed by atoms with Crippen LogP contribution in [-0.4, -0.2) is 22.7 Å². The first-order valence-corrected chi connectivity index (χ1v) is 6.21. The number of hydrazone groups is 1. The van der Waals surface area contributed by atoms with E-state index in [-0.39, 0.29) is 11.4 Å². The van der Waals surface area contributed by atoms with Crippen LogP contribution < -0.4 is 5.01 Å². The van der Waals surface area contributed by atoms with E-state index in [0.29, 0.717) is 16.4 Å². The normalized spacial score (nSPS) is 18.7. The van der Waals surface area contributed by atoms with Crippen molar-refractivity contribution in [3.8, 4) is 0 Å². The molecule has 19 heavy (non-hydrogen) atoms. The van der Waals surface area contributed by atoms with Gasteiger partial charge in [0.1, 0.15) is 0 Å². The first-order valence-electron chi connectivity index (χ1n) is 5.46. The summed E-state index contributed by atoms with van der Waals surface area (Å²) in [5.74, 6) is -2.19. The van der Waals surface area contributed by atoms with E-state index >= 15 is 0 Å². The maximum atomic E-state index is 12.1. The second-order valence-electron chi connectivity index (χ2n) is 4.14. The van der Waals surface area contributed by atoms with Gasteiger partial charge in [0.2, 0.25) is 0 Å². The quantitative estimate of drug-likeness (QED) is 0.933. The smallest absolute Gasteiger partial charge is 0.304 e. The highest BCUT2D eigenvalue weighted by Gasteiger charge is 2.36. The van der Waals surface area contributed by atoms with Crippen molar-refractivity contribution in [3.63, 3.8) is 0 Å². The number of carbonyl (C=O) groups is 2. The minimum Gasteiger partial charge on any atom is -0.481 e. The van der Waals surface area contributed by atoms with Crippen LogP contribution in [0.1, 0.15) is 13.3 Å². The van der Waals surface area contributed by atoms with Crippen LogP contribution >= 0.6 is 23.2 Å². The van der Waals surface area contributed by atoms with Gasteiger partial charge in [0, 0.05) is 10.7 Å². The van der Waals surface area contributed by atoms with E-state index in [1.807, 2.05) is 0 Å². The molecular formula is C12H10Cl2N2O3. The van der Waals surface area contributed by atoms with E-state index in [1.165, 1.54) is 6.07 Å². The predicted octanol–water partition coefficient (Wildman–Crippen LogP) is 2.81. The summed E-state index contributed by atoms with van der Waals surface area (Å²) in [5, 5.41) is 14.7. The number of rotatable bonds is 3. The standard InChI is InChI=1S/C12H10Cl2N2O3/c1-6-8(5-11(17)18)12(19)16(15-6)10-3-2-7(13)4-9(10)14/h2-4,8H,5H2,1H3,(H,17,18). The summed E-state index contributed by atoms with van der Waals surface area (Å²) in [6, 6.07) is 4.66. The fourth-order valence-electron chi connectivity index (χ4n) is 1.84. The van der Waals surface area contributed by atoms with Gasteiger partial charge in [0.15, 0.2) is 0 Å². The van der Waals surface area contributed by atoms with Crippen molar-refractivity contribution in [2.24, 2.45) is 11.0 Å². The van der Waals surface area contributed by atoms with Crippen molar-refractivity contribution in [3.05, 3.63) is 28.2 Å². The van der Waals surface area contributed by atoms with Gasteiger partial charge in [-0.05, 0) is 25.1 Å². The molecule has 0 spiro atoms. The third-order valence-corrected chi connectivity index (χ3v) is 3.32. The second-order valence-corrected chi connectivity index (χ2v) is 4.98. The van der Waals surface area contributed by atoms with Crippen LogP contribution in [0.5, 0.6) is 0 Å². The number of carbonyl (C=O) groups excluding carboxylic acids is 1. The van der Waals surface area contributed by atoms with E-state index in [4.69, 9.17) is 28.3 Å². The molecule has 1 atom stereocenters. The molecule has 0 fully saturated rings. The zero-order chi connectivity index (χ0) is 14.2. The third-order valence-electron chi connectivity index (χ3n) is 2.79. The monoisotopic (exact) mass is 300 g/mol. The van der Waals surface area contributed by atoms with E-state index in [9.17, 15) is 9.59 Å². The Morgan fingerprint density at radius 3 is 2.74 bits per heavy atom. The van der Waals surface area contributed by atoms with Gasteiger partial charge >= 0.3 is 5.97 Å². The van der Waals surface area contributed by atoms with Crippen molar-refractivity contribution < 1.29 is 14.7 Å². The summed E-state index contributed by atoms with van der Waals surface area (Å²) in [6.07, 6.45) is -0.282. The van der Waals surface area contributed by atoms with Crippen LogP contribution in [0.3, 0.4) is 0 Å². The number of hydrogen-bond donors (Lipinski definition) is 1. The van der Waals surface area contributed by atoms with Crippen molar-refractivity contribution >= 4 is 46.5 Å². The lowest BCUT2D eigenvalue weighted by Crippen LogP contribution is -2.28. The van der Waals surface area contributed by atoms with Crippen molar-refractivity contribution in [2.75, 3.05) is 5.01 Å². The number of nitrogens with zero attached hydrogens (tertiary/aromatic N) is 2. The van der Waals surface area contributed by atoms with Gasteiger partial charge < -0.3 is 5.11 Å². The Morgan fingerprint density at radius 2 is 2.16 bits per heavy atom. The molecule has 100 valence electrons. The second kappa shape index (κ2) is 5.19. The molecule has 5 nitrogen and oxygen atoms in total. The average molecular weight is 301 g/mol. The number of anilines is 1. The molecular weight excluding hydrogens is 291 g/mol. The Labute approximate surface area is 119 Å². The van der Waals surface area contributed by atoms with Crippen LogP contribution in [0.4, 0.5) is 5.69 Å². The number of carboxylic acids is 1. The summed E-state index contributed by atoms with van der Waals surface area (Å²) >= 11 is 11.8. The molecule has 0 radical (unpaired) electrons. The minimum atomic E-state index is -1.04. The summed E-state index contributed by atoms with van der Waals surface area (Å²) in [7, 11) is 0. The van der Waals surface area contributed by atoms with E-state index in [0.717, 1.165) is 5.01 Å². The van der Waals surface area contributed by atoms with Gasteiger partial charge in [-0.2, -0.15) is 10.1 Å². The van der Waals surface area contributed by atoms with Gasteiger partial charge in [-0.3, -0.25) is 9.59 Å². The predicted molar refractivity (Wildman–Crippen MR) is 72.8 cm³/mol. The fraction of sp³-hybridized carbons (Fsp3) is 0.250. The zero-order valence-electron chi connectivity index (χ0n) is 9.93. The Morgan fingerprint density at radius 1 is 1.47 bits per heavy atom. The van der Waals surface area contributed by atoms with Crippen LogP contribution in [0.15, 0.2) is 23.3 Å². The van der Waals surface area contributed by atoms with Gasteiger partial charge in [-0.15, -0.1) is 0 Å². The first kappa shape index (κ1) is 13.8. The third kappa shape index (κ3) is 2.72. The molecule has 0 saturated carbocycles. The van der Waals surface area contributed by atoms with Crippen LogP contribution in [0.25, 0.3) is 0 Å². The molecule has 1 aromatic carbocycles. The molecule has 2 rings (SSSR count). The van der Waals surface area contributed by atoms with E-state index in [2.05, 4.69) is 5.10 Å². The van der Waals surface area contributed by atoms with E-state index < -0.39 is 17.8 Å². The number of amides is 1. The highest BCUT2D eigenvalue weighted by molar-refractivity contribution is 6.37. The van der Waals surface area contributed by atoms with Gasteiger partial charge in [0.05, 0.1) is 23.0 Å². The molecule has 1 aromatic rings. The molecule has 1 amide bonds. The molecule has 0 bridgehead atoms. The topological polar surface area (TPSA) is 70.0 Å². The van der Waals surface area contributed by atoms with Crippen molar-refractivity contribution in [1.82, 2.24) is 0 Å².